The molecule has 0 saturated heterocycles. The summed E-state index contributed by atoms with van der Waals surface area (Å²) < 4.78 is 5.42. The zero-order valence-corrected chi connectivity index (χ0v) is 23.1. The molecule has 7 nitrogen and oxygen atoms in total. The summed E-state index contributed by atoms with van der Waals surface area (Å²) in [6, 6.07) is 5.01. The van der Waals surface area contributed by atoms with Crippen molar-refractivity contribution in [1.29, 1.82) is 0 Å². The van der Waals surface area contributed by atoms with E-state index in [1.54, 1.807) is 24.8 Å². The first-order valence-electron chi connectivity index (χ1n) is 13.3. The fourth-order valence-electron chi connectivity index (χ4n) is 5.31. The van der Waals surface area contributed by atoms with Crippen LogP contribution < -0.4 is 10.2 Å². The van der Waals surface area contributed by atoms with Crippen molar-refractivity contribution in [3.05, 3.63) is 24.3 Å². The van der Waals surface area contributed by atoms with Crippen LogP contribution in [-0.4, -0.2) is 52.9 Å². The Labute approximate surface area is 219 Å². The molecule has 2 aliphatic rings. The number of amides is 1. The SMILES string of the molecule is CCOC(=O)[C@@H](CCC1CCCCC1)N[C@@H]1C(=O)N(C(C)C(=O)O)c2ccccc2SC1C(C)(C)C. The fourth-order valence-corrected chi connectivity index (χ4v) is 6.71. The van der Waals surface area contributed by atoms with Crippen LogP contribution in [-0.2, 0) is 19.1 Å². The average molecular weight is 519 g/mol. The number of thioether (sulfide) groups is 1. The molecule has 2 unspecified atom stereocenters. The van der Waals surface area contributed by atoms with Crippen molar-refractivity contribution in [3.63, 3.8) is 0 Å². The minimum Gasteiger partial charge on any atom is -0.480 e. The third kappa shape index (κ3) is 6.82. The Morgan fingerprint density at radius 3 is 2.47 bits per heavy atom. The van der Waals surface area contributed by atoms with E-state index < -0.39 is 24.1 Å². The molecule has 2 N–H and O–H groups in total. The Kier molecular flexibility index (Phi) is 9.86. The third-order valence-corrected chi connectivity index (χ3v) is 9.16. The first-order valence-corrected chi connectivity index (χ1v) is 14.2. The Bertz CT molecular complexity index is 925. The zero-order chi connectivity index (χ0) is 26.5. The number of nitrogens with zero attached hydrogens (tertiary/aromatic N) is 1. The van der Waals surface area contributed by atoms with Gasteiger partial charge < -0.3 is 9.84 Å². The normalized spacial score (nSPS) is 22.9. The number of para-hydroxylation sites is 1. The lowest BCUT2D eigenvalue weighted by Gasteiger charge is -2.38. The van der Waals surface area contributed by atoms with Crippen LogP contribution in [0.25, 0.3) is 0 Å². The van der Waals surface area contributed by atoms with Gasteiger partial charge in [0.2, 0.25) is 5.91 Å². The van der Waals surface area contributed by atoms with Gasteiger partial charge in [0, 0.05) is 10.1 Å². The summed E-state index contributed by atoms with van der Waals surface area (Å²) in [4.78, 5) is 41.5. The van der Waals surface area contributed by atoms with E-state index >= 15 is 0 Å². The second-order valence-corrected chi connectivity index (χ2v) is 12.3. The number of carboxylic acids is 1. The van der Waals surface area contributed by atoms with Crippen LogP contribution in [0.5, 0.6) is 0 Å². The van der Waals surface area contributed by atoms with Gasteiger partial charge in [-0.05, 0) is 50.2 Å². The minimum absolute atomic E-state index is 0.233. The molecule has 1 amide bonds. The lowest BCUT2D eigenvalue weighted by Crippen LogP contribution is -2.60. The van der Waals surface area contributed by atoms with Gasteiger partial charge in [0.25, 0.3) is 0 Å². The molecule has 1 saturated carbocycles. The molecular weight excluding hydrogens is 476 g/mol. The van der Waals surface area contributed by atoms with Gasteiger partial charge in [-0.2, -0.15) is 0 Å². The van der Waals surface area contributed by atoms with Crippen molar-refractivity contribution in [3.8, 4) is 0 Å². The molecule has 1 aliphatic heterocycles. The minimum atomic E-state index is -1.07. The summed E-state index contributed by atoms with van der Waals surface area (Å²) >= 11 is 1.57. The maximum Gasteiger partial charge on any atom is 0.326 e. The van der Waals surface area contributed by atoms with E-state index in [1.807, 2.05) is 18.2 Å². The number of anilines is 1. The molecule has 0 bridgehead atoms. The van der Waals surface area contributed by atoms with Crippen LogP contribution >= 0.6 is 11.8 Å². The monoisotopic (exact) mass is 518 g/mol. The predicted molar refractivity (Wildman–Crippen MR) is 143 cm³/mol. The van der Waals surface area contributed by atoms with Crippen LogP contribution in [0.1, 0.15) is 79.6 Å². The van der Waals surface area contributed by atoms with Gasteiger partial charge in [-0.15, -0.1) is 11.8 Å². The molecule has 8 heteroatoms. The molecule has 0 aromatic heterocycles. The number of aliphatic carboxylic acids is 1. The van der Waals surface area contributed by atoms with Crippen molar-refractivity contribution in [1.82, 2.24) is 5.32 Å². The second-order valence-electron chi connectivity index (χ2n) is 11.1. The van der Waals surface area contributed by atoms with Gasteiger partial charge >= 0.3 is 11.9 Å². The first-order chi connectivity index (χ1) is 17.0. The van der Waals surface area contributed by atoms with E-state index in [0.717, 1.165) is 11.3 Å². The van der Waals surface area contributed by atoms with E-state index in [-0.39, 0.29) is 29.1 Å². The number of fused-ring (bicyclic) bond motifs is 1. The maximum absolute atomic E-state index is 14.2. The van der Waals surface area contributed by atoms with E-state index in [4.69, 9.17) is 4.74 Å². The summed E-state index contributed by atoms with van der Waals surface area (Å²) in [5.74, 6) is -1.16. The molecule has 4 atom stereocenters. The lowest BCUT2D eigenvalue weighted by atomic mass is 9.84. The number of carboxylic acid groups (broad SMARTS) is 1. The van der Waals surface area contributed by atoms with Crippen LogP contribution in [0.15, 0.2) is 29.2 Å². The molecule has 200 valence electrons. The standard InChI is InChI=1S/C28H42N2O5S/c1-6-35-27(34)20(17-16-19-12-8-7-9-13-19)29-23-24(28(3,4)5)36-22-15-11-10-14-21(22)30(25(23)31)18(2)26(32)33/h10-11,14-15,18-20,23-24,29H,6-9,12-13,16-17H2,1-5H3,(H,32,33)/t18?,20-,23+,24?/m1/s1. The van der Waals surface area contributed by atoms with Crippen LogP contribution in [0.4, 0.5) is 5.69 Å². The van der Waals surface area contributed by atoms with E-state index in [9.17, 15) is 19.5 Å². The first kappa shape index (κ1) is 28.5. The number of benzene rings is 1. The Morgan fingerprint density at radius 1 is 1.19 bits per heavy atom. The number of nitrogens with one attached hydrogen (secondary N) is 1. The molecule has 0 spiro atoms. The predicted octanol–water partition coefficient (Wildman–Crippen LogP) is 5.26. The molecule has 1 aromatic carbocycles. The number of hydrogen-bond acceptors (Lipinski definition) is 6. The Hall–Kier alpha value is -2.06. The summed E-state index contributed by atoms with van der Waals surface area (Å²) in [5.41, 5.74) is 0.284. The molecule has 0 radical (unpaired) electrons. The molecule has 36 heavy (non-hydrogen) atoms. The second kappa shape index (κ2) is 12.5. The van der Waals surface area contributed by atoms with Gasteiger partial charge in [-0.1, -0.05) is 65.0 Å². The number of carbonyl (C=O) groups excluding carboxylic acids is 2. The topological polar surface area (TPSA) is 95.9 Å². The van der Waals surface area contributed by atoms with Gasteiger partial charge in [0.15, 0.2) is 0 Å². The zero-order valence-electron chi connectivity index (χ0n) is 22.3. The molecule has 3 rings (SSSR count). The van der Waals surface area contributed by atoms with Crippen LogP contribution in [0, 0.1) is 11.3 Å². The van der Waals surface area contributed by atoms with E-state index in [2.05, 4.69) is 26.1 Å². The summed E-state index contributed by atoms with van der Waals surface area (Å²) in [5, 5.41) is 13.0. The van der Waals surface area contributed by atoms with E-state index in [1.165, 1.54) is 43.9 Å². The fraction of sp³-hybridized carbons (Fsp3) is 0.679. The molecular formula is C28H42N2O5S. The molecule has 1 aromatic rings. The number of esters is 1. The highest BCUT2D eigenvalue weighted by molar-refractivity contribution is 8.00. The third-order valence-electron chi connectivity index (χ3n) is 7.32. The summed E-state index contributed by atoms with van der Waals surface area (Å²) in [7, 11) is 0. The molecule has 1 fully saturated rings. The highest BCUT2D eigenvalue weighted by Crippen LogP contribution is 2.45. The van der Waals surface area contributed by atoms with Gasteiger partial charge in [-0.25, -0.2) is 4.79 Å². The highest BCUT2D eigenvalue weighted by Gasteiger charge is 2.46. The smallest absolute Gasteiger partial charge is 0.326 e. The highest BCUT2D eigenvalue weighted by atomic mass is 32.2. The molecule has 1 heterocycles. The quantitative estimate of drug-likeness (QED) is 0.430. The average Bonchev–Trinajstić information content (AvgIpc) is 2.96. The number of ether oxygens (including phenoxy) is 1. The number of rotatable bonds is 9. The number of carbonyl (C=O) groups is 3. The Balaban J connectivity index is 1.97. The van der Waals surface area contributed by atoms with Crippen molar-refractivity contribution in [2.75, 3.05) is 11.5 Å². The lowest BCUT2D eigenvalue weighted by molar-refractivity contribution is -0.146. The summed E-state index contributed by atoms with van der Waals surface area (Å²) in [6.07, 6.45) is 7.58. The van der Waals surface area contributed by atoms with Crippen LogP contribution in [0.3, 0.4) is 0 Å². The van der Waals surface area contributed by atoms with Gasteiger partial charge in [-0.3, -0.25) is 19.8 Å². The molecule has 1 aliphatic carbocycles. The van der Waals surface area contributed by atoms with Crippen molar-refractivity contribution in [2.24, 2.45) is 11.3 Å². The van der Waals surface area contributed by atoms with Gasteiger partial charge in [0.05, 0.1) is 12.3 Å². The van der Waals surface area contributed by atoms with Crippen molar-refractivity contribution >= 4 is 35.3 Å². The maximum atomic E-state index is 14.2. The largest absolute Gasteiger partial charge is 0.480 e. The van der Waals surface area contributed by atoms with Crippen LogP contribution in [0.2, 0.25) is 0 Å². The summed E-state index contributed by atoms with van der Waals surface area (Å²) in [6.45, 7) is 9.81. The Morgan fingerprint density at radius 2 is 1.86 bits per heavy atom. The van der Waals surface area contributed by atoms with Crippen molar-refractivity contribution in [2.45, 2.75) is 108 Å². The van der Waals surface area contributed by atoms with Gasteiger partial charge in [0.1, 0.15) is 18.1 Å². The van der Waals surface area contributed by atoms with E-state index in [0.29, 0.717) is 18.0 Å². The number of hydrogen-bond donors (Lipinski definition) is 2. The van der Waals surface area contributed by atoms with Crippen molar-refractivity contribution < 1.29 is 24.2 Å².